The van der Waals surface area contributed by atoms with Crippen LogP contribution in [-0.4, -0.2) is 32.2 Å². The second kappa shape index (κ2) is 9.76. The lowest BCUT2D eigenvalue weighted by Crippen LogP contribution is -2.37. The van der Waals surface area contributed by atoms with E-state index in [1.54, 1.807) is 22.4 Å². The Morgan fingerprint density at radius 2 is 1.97 bits per heavy atom. The summed E-state index contributed by atoms with van der Waals surface area (Å²) >= 11 is 0. The molecule has 2 aromatic heterocycles. The molecular weight excluding hydrogens is 454 g/mol. The van der Waals surface area contributed by atoms with Gasteiger partial charge in [0.2, 0.25) is 0 Å². The van der Waals surface area contributed by atoms with E-state index < -0.39 is 11.7 Å². The number of hydrogen-bond acceptors (Lipinski definition) is 5. The van der Waals surface area contributed by atoms with E-state index in [0.29, 0.717) is 23.0 Å². The van der Waals surface area contributed by atoms with Crippen molar-refractivity contribution < 1.29 is 14.3 Å². The summed E-state index contributed by atoms with van der Waals surface area (Å²) in [5.41, 5.74) is 3.97. The van der Waals surface area contributed by atoms with Gasteiger partial charge in [-0.05, 0) is 64.2 Å². The summed E-state index contributed by atoms with van der Waals surface area (Å²) in [6, 6.07) is 9.37. The predicted octanol–water partition coefficient (Wildman–Crippen LogP) is 6.19. The minimum atomic E-state index is -0.675. The number of benzene rings is 1. The maximum Gasteiger partial charge on any atom is 0.416 e. The topological polar surface area (TPSA) is 88.8 Å². The van der Waals surface area contributed by atoms with Gasteiger partial charge in [0.25, 0.3) is 5.91 Å². The quantitative estimate of drug-likeness (QED) is 0.400. The molecule has 2 heterocycles. The van der Waals surface area contributed by atoms with Crippen LogP contribution in [0.15, 0.2) is 48.7 Å². The molecule has 0 atom stereocenters. The zero-order valence-electron chi connectivity index (χ0n) is 22.0. The normalized spacial score (nSPS) is 13.6. The Morgan fingerprint density at radius 1 is 1.25 bits per heavy atom. The van der Waals surface area contributed by atoms with Crippen molar-refractivity contribution in [1.29, 1.82) is 0 Å². The number of fused-ring (bicyclic) bond motifs is 1. The van der Waals surface area contributed by atoms with E-state index in [1.165, 1.54) is 0 Å². The molecule has 1 aliphatic rings. The Hall–Kier alpha value is -3.68. The number of anilines is 2. The van der Waals surface area contributed by atoms with Gasteiger partial charge in [-0.25, -0.2) is 9.78 Å². The lowest BCUT2D eigenvalue weighted by Gasteiger charge is -2.28. The Balaban J connectivity index is 1.79. The van der Waals surface area contributed by atoms with Gasteiger partial charge in [-0.3, -0.25) is 9.69 Å². The summed E-state index contributed by atoms with van der Waals surface area (Å²) in [5, 5.41) is 7.46. The summed E-state index contributed by atoms with van der Waals surface area (Å²) in [5.74, 6) is 0.990. The fraction of sp³-hybridized carbons (Fsp3) is 0.429. The summed E-state index contributed by atoms with van der Waals surface area (Å²) in [6.45, 7) is 15.3. The van der Waals surface area contributed by atoms with Crippen LogP contribution in [0.5, 0.6) is 0 Å². The predicted molar refractivity (Wildman–Crippen MR) is 141 cm³/mol. The molecule has 0 radical (unpaired) electrons. The van der Waals surface area contributed by atoms with E-state index in [-0.39, 0.29) is 18.4 Å². The number of nitrogens with zero attached hydrogens (tertiary/aromatic N) is 4. The first-order valence-corrected chi connectivity index (χ1v) is 12.4. The van der Waals surface area contributed by atoms with Gasteiger partial charge in [0.1, 0.15) is 11.4 Å². The molecule has 1 N–H and O–H groups in total. The average molecular weight is 490 g/mol. The number of carbonyl (C=O) groups excluding carboxylic acids is 2. The highest BCUT2D eigenvalue weighted by molar-refractivity contribution is 6.02. The molecule has 4 rings (SSSR count). The Bertz CT molecular complexity index is 1310. The first kappa shape index (κ1) is 25.4. The van der Waals surface area contributed by atoms with E-state index >= 15 is 0 Å². The summed E-state index contributed by atoms with van der Waals surface area (Å²) in [4.78, 5) is 32.2. The zero-order valence-corrected chi connectivity index (χ0v) is 22.0. The highest BCUT2D eigenvalue weighted by atomic mass is 16.6. The van der Waals surface area contributed by atoms with Gasteiger partial charge in [0, 0.05) is 34.5 Å². The van der Waals surface area contributed by atoms with Crippen molar-refractivity contribution in [3.63, 3.8) is 0 Å². The van der Waals surface area contributed by atoms with Crippen LogP contribution < -0.4 is 10.2 Å². The molecule has 36 heavy (non-hydrogen) atoms. The number of carbonyl (C=O) groups is 2. The fourth-order valence-corrected chi connectivity index (χ4v) is 3.89. The van der Waals surface area contributed by atoms with Crippen molar-refractivity contribution in [2.24, 2.45) is 0 Å². The first-order chi connectivity index (χ1) is 16.9. The largest absolute Gasteiger partial charge is 0.443 e. The molecule has 1 aromatic carbocycles. The van der Waals surface area contributed by atoms with Crippen molar-refractivity contribution in [2.45, 2.75) is 78.4 Å². The van der Waals surface area contributed by atoms with Crippen LogP contribution in [0.3, 0.4) is 0 Å². The monoisotopic (exact) mass is 489 g/mol. The van der Waals surface area contributed by atoms with E-state index in [4.69, 9.17) is 9.72 Å². The summed E-state index contributed by atoms with van der Waals surface area (Å²) in [7, 11) is 0. The average Bonchev–Trinajstić information content (AvgIpc) is 3.54. The van der Waals surface area contributed by atoms with Gasteiger partial charge >= 0.3 is 6.09 Å². The lowest BCUT2D eigenvalue weighted by atomic mass is 10.1. The van der Waals surface area contributed by atoms with E-state index in [1.807, 2.05) is 51.2 Å². The van der Waals surface area contributed by atoms with Crippen LogP contribution in [0.2, 0.25) is 0 Å². The minimum Gasteiger partial charge on any atom is -0.443 e. The molecule has 190 valence electrons. The molecular formula is C28H35N5O3. The highest BCUT2D eigenvalue weighted by Gasteiger charge is 2.31. The number of rotatable bonds is 7. The molecule has 1 fully saturated rings. The zero-order chi connectivity index (χ0) is 26.2. The third-order valence-corrected chi connectivity index (χ3v) is 5.92. The standard InChI is InChI=1S/C28H35N5O3/c1-17(2)22-15-29-33-24(14-23(20-11-12-20)31-25(22)33)32(27(35)36-28(5,6)7)16-19-9-8-10-21(13-19)30-26(34)18(3)4/h8-10,13-15,17,20H,3,11-12,16H2,1-2,4-7H3,(H,30,34). The number of nitrogens with one attached hydrogen (secondary N) is 1. The first-order valence-electron chi connectivity index (χ1n) is 12.4. The van der Waals surface area contributed by atoms with Crippen LogP contribution in [-0.2, 0) is 16.1 Å². The minimum absolute atomic E-state index is 0.228. The molecule has 0 aliphatic heterocycles. The molecule has 1 saturated carbocycles. The van der Waals surface area contributed by atoms with Crippen molar-refractivity contribution in [3.8, 4) is 0 Å². The Kier molecular flexibility index (Phi) is 6.89. The number of aromatic nitrogens is 3. The second-order valence-electron chi connectivity index (χ2n) is 10.8. The molecule has 2 amide bonds. The van der Waals surface area contributed by atoms with E-state index in [0.717, 1.165) is 35.3 Å². The van der Waals surface area contributed by atoms with Gasteiger partial charge in [-0.1, -0.05) is 32.6 Å². The molecule has 1 aliphatic carbocycles. The van der Waals surface area contributed by atoms with Crippen LogP contribution in [0.25, 0.3) is 5.65 Å². The Morgan fingerprint density at radius 3 is 2.58 bits per heavy atom. The Labute approximate surface area is 212 Å². The third-order valence-electron chi connectivity index (χ3n) is 5.92. The molecule has 8 heteroatoms. The van der Waals surface area contributed by atoms with Crippen molar-refractivity contribution in [3.05, 3.63) is 65.5 Å². The SMILES string of the molecule is C=C(C)C(=O)Nc1cccc(CN(C(=O)OC(C)(C)C)c2cc(C3CC3)nc3c(C(C)C)cnn23)c1. The van der Waals surface area contributed by atoms with Gasteiger partial charge in [-0.2, -0.15) is 9.61 Å². The summed E-state index contributed by atoms with van der Waals surface area (Å²) in [6.07, 6.45) is 3.53. The van der Waals surface area contributed by atoms with Crippen molar-refractivity contribution in [1.82, 2.24) is 14.6 Å². The fourth-order valence-electron chi connectivity index (χ4n) is 3.89. The maximum atomic E-state index is 13.6. The number of ether oxygens (including phenoxy) is 1. The third kappa shape index (κ3) is 5.75. The lowest BCUT2D eigenvalue weighted by molar-refractivity contribution is -0.112. The van der Waals surface area contributed by atoms with E-state index in [2.05, 4.69) is 30.8 Å². The highest BCUT2D eigenvalue weighted by Crippen LogP contribution is 2.41. The van der Waals surface area contributed by atoms with Crippen molar-refractivity contribution in [2.75, 3.05) is 10.2 Å². The maximum absolute atomic E-state index is 13.6. The van der Waals surface area contributed by atoms with Crippen LogP contribution in [0, 0.1) is 0 Å². The molecule has 0 spiro atoms. The van der Waals surface area contributed by atoms with Crippen molar-refractivity contribution >= 4 is 29.2 Å². The van der Waals surface area contributed by atoms with Gasteiger partial charge in [-0.15, -0.1) is 0 Å². The second-order valence-corrected chi connectivity index (χ2v) is 10.8. The molecule has 0 unspecified atom stereocenters. The molecule has 3 aromatic rings. The number of amides is 2. The van der Waals surface area contributed by atoms with Crippen LogP contribution in [0.1, 0.15) is 83.0 Å². The molecule has 0 bridgehead atoms. The molecule has 8 nitrogen and oxygen atoms in total. The number of hydrogen-bond donors (Lipinski definition) is 1. The summed E-state index contributed by atoms with van der Waals surface area (Å²) < 4.78 is 7.55. The molecule has 0 saturated heterocycles. The van der Waals surface area contributed by atoms with Gasteiger partial charge in [0.05, 0.1) is 12.7 Å². The van der Waals surface area contributed by atoms with Gasteiger partial charge in [0.15, 0.2) is 5.65 Å². The van der Waals surface area contributed by atoms with E-state index in [9.17, 15) is 9.59 Å². The van der Waals surface area contributed by atoms with Gasteiger partial charge < -0.3 is 10.1 Å². The van der Waals surface area contributed by atoms with Crippen LogP contribution in [0.4, 0.5) is 16.3 Å². The van der Waals surface area contributed by atoms with Crippen LogP contribution >= 0.6 is 0 Å². The smallest absolute Gasteiger partial charge is 0.416 e.